The summed E-state index contributed by atoms with van der Waals surface area (Å²) in [5, 5.41) is 21.1. The number of nitrogens with one attached hydrogen (secondary N) is 1. The van der Waals surface area contributed by atoms with Crippen molar-refractivity contribution in [2.75, 3.05) is 18.0 Å². The summed E-state index contributed by atoms with van der Waals surface area (Å²) in [6, 6.07) is 3.97. The molecule has 130 valence electrons. The quantitative estimate of drug-likeness (QED) is 0.885. The minimum atomic E-state index is -0.123. The maximum absolute atomic E-state index is 12.3. The van der Waals surface area contributed by atoms with Crippen LogP contribution in [0.25, 0.3) is 0 Å². The van der Waals surface area contributed by atoms with Crippen LogP contribution < -0.4 is 10.2 Å². The molecule has 1 spiro atoms. The van der Waals surface area contributed by atoms with E-state index >= 15 is 0 Å². The SMILES string of the molecule is O=C(NC1CCCCC1)c1ccc(N2CCC3(CC(O)C3)C2)nn1. The second-order valence-corrected chi connectivity index (χ2v) is 7.82. The van der Waals surface area contributed by atoms with Gasteiger partial charge in [-0.1, -0.05) is 19.3 Å². The number of carbonyl (C=O) groups is 1. The van der Waals surface area contributed by atoms with Crippen LogP contribution >= 0.6 is 0 Å². The first-order valence-electron chi connectivity index (χ1n) is 9.21. The van der Waals surface area contributed by atoms with Crippen LogP contribution in [0.3, 0.4) is 0 Å². The van der Waals surface area contributed by atoms with E-state index in [-0.39, 0.29) is 23.5 Å². The fourth-order valence-corrected chi connectivity index (χ4v) is 4.53. The largest absolute Gasteiger partial charge is 0.393 e. The maximum atomic E-state index is 12.3. The molecule has 3 fully saturated rings. The van der Waals surface area contributed by atoms with Crippen LogP contribution in [0.1, 0.15) is 61.9 Å². The Morgan fingerprint density at radius 1 is 1.21 bits per heavy atom. The van der Waals surface area contributed by atoms with Crippen LogP contribution in [-0.4, -0.2) is 46.4 Å². The first kappa shape index (κ1) is 15.8. The molecular formula is C18H26N4O2. The summed E-state index contributed by atoms with van der Waals surface area (Å²) in [5.41, 5.74) is 0.676. The lowest BCUT2D eigenvalue weighted by molar-refractivity contribution is -0.0179. The molecule has 1 aromatic rings. The molecule has 2 N–H and O–H groups in total. The highest BCUT2D eigenvalue weighted by atomic mass is 16.3. The highest BCUT2D eigenvalue weighted by molar-refractivity contribution is 5.92. The van der Waals surface area contributed by atoms with Gasteiger partial charge in [-0.15, -0.1) is 10.2 Å². The Hall–Kier alpha value is -1.69. The number of aromatic nitrogens is 2. The van der Waals surface area contributed by atoms with Crippen molar-refractivity contribution in [1.82, 2.24) is 15.5 Å². The number of aliphatic hydroxyl groups excluding tert-OH is 1. The van der Waals surface area contributed by atoms with Crippen molar-refractivity contribution >= 4 is 11.7 Å². The molecule has 1 aliphatic heterocycles. The van der Waals surface area contributed by atoms with Crippen LogP contribution in [0.15, 0.2) is 12.1 Å². The van der Waals surface area contributed by atoms with Gasteiger partial charge in [-0.2, -0.15) is 0 Å². The minimum Gasteiger partial charge on any atom is -0.393 e. The van der Waals surface area contributed by atoms with Gasteiger partial charge < -0.3 is 15.3 Å². The van der Waals surface area contributed by atoms with Gasteiger partial charge in [-0.25, -0.2) is 0 Å². The molecule has 1 saturated heterocycles. The van der Waals surface area contributed by atoms with Gasteiger partial charge in [-0.05, 0) is 49.7 Å². The average molecular weight is 330 g/mol. The topological polar surface area (TPSA) is 78.4 Å². The molecule has 1 amide bonds. The molecular weight excluding hydrogens is 304 g/mol. The Kier molecular flexibility index (Phi) is 4.16. The van der Waals surface area contributed by atoms with E-state index < -0.39 is 0 Å². The molecule has 2 heterocycles. The van der Waals surface area contributed by atoms with E-state index in [0.717, 1.165) is 51.0 Å². The van der Waals surface area contributed by atoms with Gasteiger partial charge in [0.15, 0.2) is 11.5 Å². The van der Waals surface area contributed by atoms with E-state index in [2.05, 4.69) is 20.4 Å². The van der Waals surface area contributed by atoms with Crippen LogP contribution in [0, 0.1) is 5.41 Å². The Balaban J connectivity index is 1.35. The lowest BCUT2D eigenvalue weighted by Crippen LogP contribution is -2.43. The number of carbonyl (C=O) groups excluding carboxylic acids is 1. The molecule has 2 saturated carbocycles. The van der Waals surface area contributed by atoms with Gasteiger partial charge in [0, 0.05) is 19.1 Å². The van der Waals surface area contributed by atoms with Gasteiger partial charge in [0.25, 0.3) is 5.91 Å². The maximum Gasteiger partial charge on any atom is 0.272 e. The number of nitrogens with zero attached hydrogens (tertiary/aromatic N) is 3. The van der Waals surface area contributed by atoms with Crippen LogP contribution in [0.2, 0.25) is 0 Å². The normalized spacial score (nSPS) is 30.4. The summed E-state index contributed by atoms with van der Waals surface area (Å²) < 4.78 is 0. The molecule has 0 bridgehead atoms. The van der Waals surface area contributed by atoms with Crippen LogP contribution in [-0.2, 0) is 0 Å². The first-order valence-corrected chi connectivity index (χ1v) is 9.21. The predicted octanol–water partition coefficient (Wildman–Crippen LogP) is 1.89. The van der Waals surface area contributed by atoms with E-state index in [0.29, 0.717) is 5.69 Å². The van der Waals surface area contributed by atoms with Gasteiger partial charge in [0.2, 0.25) is 0 Å². The second-order valence-electron chi connectivity index (χ2n) is 7.82. The highest BCUT2D eigenvalue weighted by Gasteiger charge is 2.48. The molecule has 4 rings (SSSR count). The lowest BCUT2D eigenvalue weighted by atomic mass is 9.66. The third-order valence-electron chi connectivity index (χ3n) is 5.92. The Morgan fingerprint density at radius 3 is 2.67 bits per heavy atom. The zero-order valence-electron chi connectivity index (χ0n) is 14.1. The second kappa shape index (κ2) is 6.31. The summed E-state index contributed by atoms with van der Waals surface area (Å²) in [7, 11) is 0. The van der Waals surface area contributed by atoms with E-state index in [1.807, 2.05) is 6.07 Å². The van der Waals surface area contributed by atoms with Crippen molar-refractivity contribution in [3.05, 3.63) is 17.8 Å². The van der Waals surface area contributed by atoms with E-state index in [1.54, 1.807) is 6.07 Å². The molecule has 6 heteroatoms. The number of amides is 1. The Labute approximate surface area is 142 Å². The molecule has 2 aliphatic carbocycles. The van der Waals surface area contributed by atoms with Gasteiger partial charge in [0.1, 0.15) is 0 Å². The molecule has 0 aromatic carbocycles. The number of anilines is 1. The van der Waals surface area contributed by atoms with Crippen molar-refractivity contribution in [3.8, 4) is 0 Å². The molecule has 1 aromatic heterocycles. The third kappa shape index (κ3) is 3.11. The predicted molar refractivity (Wildman–Crippen MR) is 90.9 cm³/mol. The summed E-state index contributed by atoms with van der Waals surface area (Å²) in [5.74, 6) is 0.725. The number of aliphatic hydroxyl groups is 1. The minimum absolute atomic E-state index is 0.110. The fourth-order valence-electron chi connectivity index (χ4n) is 4.53. The summed E-state index contributed by atoms with van der Waals surface area (Å²) in [4.78, 5) is 14.5. The first-order chi connectivity index (χ1) is 11.6. The molecule has 0 radical (unpaired) electrons. The summed E-state index contributed by atoms with van der Waals surface area (Å²) in [6.45, 7) is 1.89. The van der Waals surface area contributed by atoms with Gasteiger partial charge in [-0.3, -0.25) is 4.79 Å². The average Bonchev–Trinajstić information content (AvgIpc) is 3.01. The standard InChI is InChI=1S/C18H26N4O2/c23-14-10-18(11-14)8-9-22(12-18)16-7-6-15(20-21-16)17(24)19-13-4-2-1-3-5-13/h6-7,13-14,23H,1-5,8-12H2,(H,19,24). The molecule has 3 aliphatic rings. The lowest BCUT2D eigenvalue weighted by Gasteiger charge is -2.42. The van der Waals surface area contributed by atoms with Crippen molar-refractivity contribution in [1.29, 1.82) is 0 Å². The molecule has 0 atom stereocenters. The monoisotopic (exact) mass is 330 g/mol. The zero-order chi connectivity index (χ0) is 16.6. The summed E-state index contributed by atoms with van der Waals surface area (Å²) >= 11 is 0. The number of rotatable bonds is 3. The van der Waals surface area contributed by atoms with E-state index in [4.69, 9.17) is 0 Å². The van der Waals surface area contributed by atoms with Crippen LogP contribution in [0.4, 0.5) is 5.82 Å². The smallest absolute Gasteiger partial charge is 0.272 e. The molecule has 6 nitrogen and oxygen atoms in total. The number of hydrogen-bond donors (Lipinski definition) is 2. The molecule has 0 unspecified atom stereocenters. The van der Waals surface area contributed by atoms with E-state index in [1.165, 1.54) is 19.3 Å². The van der Waals surface area contributed by atoms with Gasteiger partial charge in [0.05, 0.1) is 6.10 Å². The van der Waals surface area contributed by atoms with Crippen molar-refractivity contribution in [2.24, 2.45) is 5.41 Å². The van der Waals surface area contributed by atoms with Gasteiger partial charge >= 0.3 is 0 Å². The van der Waals surface area contributed by atoms with Crippen molar-refractivity contribution in [2.45, 2.75) is 63.5 Å². The van der Waals surface area contributed by atoms with E-state index in [9.17, 15) is 9.90 Å². The van der Waals surface area contributed by atoms with Crippen LogP contribution in [0.5, 0.6) is 0 Å². The third-order valence-corrected chi connectivity index (χ3v) is 5.92. The summed E-state index contributed by atoms with van der Waals surface area (Å²) in [6.07, 6.45) is 8.59. The highest BCUT2D eigenvalue weighted by Crippen LogP contribution is 2.48. The fraction of sp³-hybridized carbons (Fsp3) is 0.722. The van der Waals surface area contributed by atoms with Crippen molar-refractivity contribution < 1.29 is 9.90 Å². The molecule has 24 heavy (non-hydrogen) atoms. The Bertz CT molecular complexity index is 592. The number of hydrogen-bond acceptors (Lipinski definition) is 5. The zero-order valence-corrected chi connectivity index (χ0v) is 14.1. The Morgan fingerprint density at radius 2 is 2.00 bits per heavy atom. The van der Waals surface area contributed by atoms with Crippen molar-refractivity contribution in [3.63, 3.8) is 0 Å².